The van der Waals surface area contributed by atoms with E-state index in [0.29, 0.717) is 5.01 Å². The second-order valence-electron chi connectivity index (χ2n) is 1.74. The Labute approximate surface area is 58.4 Å². The summed E-state index contributed by atoms with van der Waals surface area (Å²) in [4.78, 5) is 20.2. The molecule has 5 nitrogen and oxygen atoms in total. The molecule has 1 atom stereocenters. The number of hydrogen-bond acceptors (Lipinski definition) is 3. The van der Waals surface area contributed by atoms with Crippen molar-refractivity contribution in [1.82, 2.24) is 5.01 Å². The number of carbonyl (C=O) groups excluding carboxylic acids is 1. The summed E-state index contributed by atoms with van der Waals surface area (Å²) in [6.07, 6.45) is 1.40. The molecule has 2 N–H and O–H groups in total. The van der Waals surface area contributed by atoms with Gasteiger partial charge in [0.2, 0.25) is 0 Å². The van der Waals surface area contributed by atoms with Gasteiger partial charge in [-0.05, 0) is 6.92 Å². The number of carbonyl (C=O) groups is 1. The van der Waals surface area contributed by atoms with Crippen molar-refractivity contribution in [3.63, 3.8) is 0 Å². The smallest absolute Gasteiger partial charge is 0.338 e. The minimum atomic E-state index is -0.873. The lowest BCUT2D eigenvalue weighted by Crippen LogP contribution is -2.36. The number of nitroso groups, excluding NO2 is 1. The van der Waals surface area contributed by atoms with Crippen LogP contribution in [0.1, 0.15) is 6.92 Å². The van der Waals surface area contributed by atoms with Crippen LogP contribution >= 0.6 is 0 Å². The fourth-order valence-corrected chi connectivity index (χ4v) is 0.415. The highest BCUT2D eigenvalue weighted by molar-refractivity contribution is 5.72. The largest absolute Gasteiger partial charge is 0.350 e. The Morgan fingerprint density at radius 3 is 2.50 bits per heavy atom. The Kier molecular flexibility index (Phi) is 3.10. The molecule has 0 aliphatic rings. The van der Waals surface area contributed by atoms with Crippen LogP contribution in [0, 0.1) is 4.91 Å². The Morgan fingerprint density at radius 2 is 2.40 bits per heavy atom. The Hall–Kier alpha value is -1.39. The van der Waals surface area contributed by atoms with E-state index in [2.05, 4.69) is 11.9 Å². The zero-order valence-corrected chi connectivity index (χ0v) is 5.65. The molecular weight excluding hydrogens is 134 g/mol. The predicted molar refractivity (Wildman–Crippen MR) is 36.9 cm³/mol. The lowest BCUT2D eigenvalue weighted by molar-refractivity contribution is 0.200. The van der Waals surface area contributed by atoms with Gasteiger partial charge in [-0.25, -0.2) is 4.79 Å². The number of amides is 2. The molecule has 0 aliphatic heterocycles. The van der Waals surface area contributed by atoms with Crippen molar-refractivity contribution in [3.8, 4) is 0 Å². The van der Waals surface area contributed by atoms with Crippen molar-refractivity contribution in [2.75, 3.05) is 0 Å². The van der Waals surface area contributed by atoms with Gasteiger partial charge < -0.3 is 5.73 Å². The zero-order valence-electron chi connectivity index (χ0n) is 5.65. The molecule has 0 bridgehead atoms. The summed E-state index contributed by atoms with van der Waals surface area (Å²) in [5.41, 5.74) is 4.77. The lowest BCUT2D eigenvalue weighted by atomic mass is 10.3. The molecule has 0 rings (SSSR count). The Bertz CT molecular complexity index is 157. The van der Waals surface area contributed by atoms with Crippen molar-refractivity contribution < 1.29 is 4.79 Å². The molecule has 0 fully saturated rings. The van der Waals surface area contributed by atoms with E-state index in [1.54, 1.807) is 6.92 Å². The van der Waals surface area contributed by atoms with Crippen LogP contribution < -0.4 is 5.73 Å². The summed E-state index contributed by atoms with van der Waals surface area (Å²) in [7, 11) is 0. The van der Waals surface area contributed by atoms with E-state index in [1.165, 1.54) is 6.08 Å². The SMILES string of the molecule is C=CC(C)N(N=O)C(N)=O. The normalized spacial score (nSPS) is 11.7. The van der Waals surface area contributed by atoms with Crippen LogP contribution in [0.4, 0.5) is 4.79 Å². The molecular formula is C5H9N3O2. The number of hydrogen-bond donors (Lipinski definition) is 1. The average molecular weight is 143 g/mol. The fraction of sp³-hybridized carbons (Fsp3) is 0.400. The molecule has 0 saturated heterocycles. The fourth-order valence-electron chi connectivity index (χ4n) is 0.415. The molecule has 5 heteroatoms. The minimum Gasteiger partial charge on any atom is -0.350 e. The van der Waals surface area contributed by atoms with Gasteiger partial charge in [0.05, 0.1) is 11.3 Å². The summed E-state index contributed by atoms with van der Waals surface area (Å²) >= 11 is 0. The topological polar surface area (TPSA) is 75.8 Å². The quantitative estimate of drug-likeness (QED) is 0.357. The van der Waals surface area contributed by atoms with E-state index < -0.39 is 12.1 Å². The third kappa shape index (κ3) is 1.85. The monoisotopic (exact) mass is 143 g/mol. The Balaban J connectivity index is 4.19. The van der Waals surface area contributed by atoms with Crippen LogP contribution in [-0.4, -0.2) is 17.1 Å². The van der Waals surface area contributed by atoms with E-state index in [1.807, 2.05) is 0 Å². The van der Waals surface area contributed by atoms with Crippen molar-refractivity contribution in [2.45, 2.75) is 13.0 Å². The first-order valence-corrected chi connectivity index (χ1v) is 2.68. The van der Waals surface area contributed by atoms with Crippen LogP contribution in [0.2, 0.25) is 0 Å². The van der Waals surface area contributed by atoms with Gasteiger partial charge in [-0.1, -0.05) is 6.08 Å². The van der Waals surface area contributed by atoms with Crippen LogP contribution in [0.15, 0.2) is 17.9 Å². The lowest BCUT2D eigenvalue weighted by Gasteiger charge is -2.13. The van der Waals surface area contributed by atoms with Crippen molar-refractivity contribution in [2.24, 2.45) is 11.0 Å². The highest BCUT2D eigenvalue weighted by atomic mass is 16.3. The Morgan fingerprint density at radius 1 is 1.90 bits per heavy atom. The first-order chi connectivity index (χ1) is 4.63. The summed E-state index contributed by atoms with van der Waals surface area (Å²) in [6.45, 7) is 4.95. The summed E-state index contributed by atoms with van der Waals surface area (Å²) in [5, 5.41) is 3.00. The highest BCUT2D eigenvalue weighted by Crippen LogP contribution is 1.98. The van der Waals surface area contributed by atoms with Gasteiger partial charge in [-0.3, -0.25) is 0 Å². The molecule has 0 aromatic rings. The summed E-state index contributed by atoms with van der Waals surface area (Å²) < 4.78 is 0. The van der Waals surface area contributed by atoms with E-state index >= 15 is 0 Å². The second-order valence-corrected chi connectivity index (χ2v) is 1.74. The number of rotatable bonds is 3. The molecule has 0 aromatic heterocycles. The number of nitrogens with two attached hydrogens (primary N) is 1. The first kappa shape index (κ1) is 8.61. The minimum absolute atomic E-state index is 0.449. The van der Waals surface area contributed by atoms with Gasteiger partial charge in [0.1, 0.15) is 0 Å². The number of urea groups is 1. The molecule has 2 amide bonds. The van der Waals surface area contributed by atoms with Crippen molar-refractivity contribution in [3.05, 3.63) is 17.6 Å². The van der Waals surface area contributed by atoms with Crippen molar-refractivity contribution >= 4 is 6.03 Å². The molecule has 0 heterocycles. The maximum atomic E-state index is 10.3. The van der Waals surface area contributed by atoms with E-state index in [-0.39, 0.29) is 0 Å². The average Bonchev–Trinajstić information content (AvgIpc) is 1.88. The molecule has 56 valence electrons. The van der Waals surface area contributed by atoms with Crippen molar-refractivity contribution in [1.29, 1.82) is 0 Å². The summed E-state index contributed by atoms with van der Waals surface area (Å²) in [6, 6.07) is -1.32. The molecule has 0 spiro atoms. The molecule has 0 saturated carbocycles. The van der Waals surface area contributed by atoms with E-state index in [0.717, 1.165) is 0 Å². The van der Waals surface area contributed by atoms with Gasteiger partial charge in [0.25, 0.3) is 0 Å². The van der Waals surface area contributed by atoms with Gasteiger partial charge in [-0.2, -0.15) is 5.01 Å². The van der Waals surface area contributed by atoms with Crippen LogP contribution in [0.25, 0.3) is 0 Å². The molecule has 0 radical (unpaired) electrons. The van der Waals surface area contributed by atoms with Gasteiger partial charge in [0, 0.05) is 0 Å². The summed E-state index contributed by atoms with van der Waals surface area (Å²) in [5.74, 6) is 0. The van der Waals surface area contributed by atoms with Crippen LogP contribution in [-0.2, 0) is 0 Å². The molecule has 0 aromatic carbocycles. The molecule has 1 unspecified atom stereocenters. The standard InChI is InChI=1S/C5H9N3O2/c1-3-4(2)8(7-10)5(6)9/h3-4H,1H2,2H3,(H2,6,9). The molecule has 0 aliphatic carbocycles. The predicted octanol–water partition coefficient (Wildman–Crippen LogP) is 0.623. The highest BCUT2D eigenvalue weighted by Gasteiger charge is 2.14. The maximum absolute atomic E-state index is 10.3. The van der Waals surface area contributed by atoms with Gasteiger partial charge in [0.15, 0.2) is 0 Å². The number of nitrogens with zero attached hydrogens (tertiary/aromatic N) is 2. The second kappa shape index (κ2) is 3.60. The zero-order chi connectivity index (χ0) is 8.15. The van der Waals surface area contributed by atoms with E-state index in [4.69, 9.17) is 5.73 Å². The molecule has 10 heavy (non-hydrogen) atoms. The van der Waals surface area contributed by atoms with Crippen LogP contribution in [0.3, 0.4) is 0 Å². The van der Waals surface area contributed by atoms with E-state index in [9.17, 15) is 9.70 Å². The number of primary amides is 1. The third-order valence-electron chi connectivity index (χ3n) is 1.04. The van der Waals surface area contributed by atoms with Crippen LogP contribution in [0.5, 0.6) is 0 Å². The van der Waals surface area contributed by atoms with Gasteiger partial charge >= 0.3 is 6.03 Å². The van der Waals surface area contributed by atoms with Gasteiger partial charge in [-0.15, -0.1) is 11.5 Å². The maximum Gasteiger partial charge on any atom is 0.338 e. The third-order valence-corrected chi connectivity index (χ3v) is 1.04. The first-order valence-electron chi connectivity index (χ1n) is 2.68.